The Kier molecular flexibility index (Phi) is 5.17. The molecule has 2 aromatic carbocycles. The fourth-order valence-corrected chi connectivity index (χ4v) is 2.61. The van der Waals surface area contributed by atoms with Crippen LogP contribution in [0.5, 0.6) is 5.75 Å². The third-order valence-corrected chi connectivity index (χ3v) is 3.68. The molecule has 0 saturated carbocycles. The number of benzene rings is 2. The molecule has 0 heterocycles. The fourth-order valence-electron chi connectivity index (χ4n) is 2.61. The van der Waals surface area contributed by atoms with Gasteiger partial charge in [-0.3, -0.25) is 4.79 Å². The molecule has 116 valence electrons. The van der Waals surface area contributed by atoms with Gasteiger partial charge < -0.3 is 15.1 Å². The van der Waals surface area contributed by atoms with E-state index in [-0.39, 0.29) is 24.3 Å². The topological polar surface area (TPSA) is 60.8 Å². The molecule has 22 heavy (non-hydrogen) atoms. The van der Waals surface area contributed by atoms with Gasteiger partial charge in [-0.1, -0.05) is 30.3 Å². The van der Waals surface area contributed by atoms with E-state index in [2.05, 4.69) is 0 Å². The lowest BCUT2D eigenvalue weighted by atomic mass is 10.0. The zero-order valence-corrected chi connectivity index (χ0v) is 12.9. The minimum atomic E-state index is -0.207. The van der Waals surface area contributed by atoms with Crippen molar-refractivity contribution in [1.82, 2.24) is 4.90 Å². The van der Waals surface area contributed by atoms with Crippen LogP contribution in [0.25, 0.3) is 0 Å². The van der Waals surface area contributed by atoms with Crippen molar-refractivity contribution in [2.75, 3.05) is 13.7 Å². The second kappa shape index (κ2) is 7.09. The number of carbonyl (C=O) groups is 1. The van der Waals surface area contributed by atoms with E-state index in [4.69, 9.17) is 0 Å². The second-order valence-corrected chi connectivity index (χ2v) is 5.41. The number of aryl methyl sites for hydroxylation is 1. The van der Waals surface area contributed by atoms with Crippen molar-refractivity contribution in [2.45, 2.75) is 19.4 Å². The first-order valence-electron chi connectivity index (χ1n) is 7.26. The molecule has 0 bridgehead atoms. The van der Waals surface area contributed by atoms with Gasteiger partial charge in [0.05, 0.1) is 6.04 Å². The Bertz CT molecular complexity index is 620. The van der Waals surface area contributed by atoms with Gasteiger partial charge in [-0.2, -0.15) is 0 Å². The van der Waals surface area contributed by atoms with E-state index < -0.39 is 0 Å². The van der Waals surface area contributed by atoms with Gasteiger partial charge in [0.15, 0.2) is 0 Å². The van der Waals surface area contributed by atoms with Crippen molar-refractivity contribution in [3.63, 3.8) is 0 Å². The number of hydrogen-bond donors (Lipinski definition) is 2. The SMILES string of the molecule is Cc1cc(O)cc(C(=O)N(C)C(CCO)c2ccccc2)c1. The highest BCUT2D eigenvalue weighted by atomic mass is 16.3. The molecule has 1 unspecified atom stereocenters. The molecular weight excluding hydrogens is 278 g/mol. The zero-order chi connectivity index (χ0) is 16.1. The summed E-state index contributed by atoms with van der Waals surface area (Å²) in [5.74, 6) is -0.100. The molecule has 4 heteroatoms. The third-order valence-electron chi connectivity index (χ3n) is 3.68. The molecule has 1 atom stereocenters. The van der Waals surface area contributed by atoms with E-state index in [0.717, 1.165) is 11.1 Å². The van der Waals surface area contributed by atoms with Crippen LogP contribution in [0.4, 0.5) is 0 Å². The molecule has 0 saturated heterocycles. The average molecular weight is 299 g/mol. The van der Waals surface area contributed by atoms with Gasteiger partial charge in [-0.05, 0) is 42.7 Å². The van der Waals surface area contributed by atoms with Gasteiger partial charge in [-0.25, -0.2) is 0 Å². The van der Waals surface area contributed by atoms with Crippen LogP contribution >= 0.6 is 0 Å². The number of carbonyl (C=O) groups excluding carboxylic acids is 1. The maximum atomic E-state index is 12.7. The molecule has 2 aromatic rings. The number of aliphatic hydroxyl groups excluding tert-OH is 1. The van der Waals surface area contributed by atoms with Crippen LogP contribution in [0.2, 0.25) is 0 Å². The first-order chi connectivity index (χ1) is 10.5. The van der Waals surface area contributed by atoms with Crippen molar-refractivity contribution in [2.24, 2.45) is 0 Å². The van der Waals surface area contributed by atoms with E-state index in [1.54, 1.807) is 24.1 Å². The molecule has 4 nitrogen and oxygen atoms in total. The maximum absolute atomic E-state index is 12.7. The van der Waals surface area contributed by atoms with E-state index >= 15 is 0 Å². The van der Waals surface area contributed by atoms with Crippen molar-refractivity contribution in [3.8, 4) is 5.75 Å². The molecular formula is C18H21NO3. The first-order valence-corrected chi connectivity index (χ1v) is 7.26. The quantitative estimate of drug-likeness (QED) is 0.892. The largest absolute Gasteiger partial charge is 0.508 e. The van der Waals surface area contributed by atoms with Crippen molar-refractivity contribution >= 4 is 5.91 Å². The highest BCUT2D eigenvalue weighted by molar-refractivity contribution is 5.95. The average Bonchev–Trinajstić information content (AvgIpc) is 2.51. The molecule has 0 aliphatic rings. The van der Waals surface area contributed by atoms with Gasteiger partial charge in [0.25, 0.3) is 5.91 Å². The summed E-state index contributed by atoms with van der Waals surface area (Å²) in [5.41, 5.74) is 2.25. The fraction of sp³-hybridized carbons (Fsp3) is 0.278. The van der Waals surface area contributed by atoms with Gasteiger partial charge in [0.2, 0.25) is 0 Å². The molecule has 2 N–H and O–H groups in total. The summed E-state index contributed by atoms with van der Waals surface area (Å²) in [4.78, 5) is 14.3. The van der Waals surface area contributed by atoms with Crippen LogP contribution in [0.1, 0.15) is 33.9 Å². The summed E-state index contributed by atoms with van der Waals surface area (Å²) in [7, 11) is 1.72. The van der Waals surface area contributed by atoms with Crippen LogP contribution < -0.4 is 0 Å². The molecule has 0 spiro atoms. The number of aliphatic hydroxyl groups is 1. The van der Waals surface area contributed by atoms with Gasteiger partial charge in [0.1, 0.15) is 5.75 Å². The second-order valence-electron chi connectivity index (χ2n) is 5.41. The maximum Gasteiger partial charge on any atom is 0.254 e. The van der Waals surface area contributed by atoms with E-state index in [0.29, 0.717) is 12.0 Å². The minimum absolute atomic E-state index is 0.00372. The Morgan fingerprint density at radius 2 is 1.86 bits per heavy atom. The van der Waals surface area contributed by atoms with Gasteiger partial charge in [-0.15, -0.1) is 0 Å². The van der Waals surface area contributed by atoms with Crippen LogP contribution in [0.3, 0.4) is 0 Å². The van der Waals surface area contributed by atoms with Crippen LogP contribution in [-0.2, 0) is 0 Å². The molecule has 0 aromatic heterocycles. The van der Waals surface area contributed by atoms with Gasteiger partial charge in [0, 0.05) is 19.2 Å². The Morgan fingerprint density at radius 1 is 1.18 bits per heavy atom. The van der Waals surface area contributed by atoms with Crippen molar-refractivity contribution in [1.29, 1.82) is 0 Å². The number of phenolic OH excluding ortho intramolecular Hbond substituents is 1. The Morgan fingerprint density at radius 3 is 2.45 bits per heavy atom. The third kappa shape index (κ3) is 3.65. The summed E-state index contributed by atoms with van der Waals surface area (Å²) in [6, 6.07) is 14.2. The van der Waals surface area contributed by atoms with Crippen LogP contribution in [0.15, 0.2) is 48.5 Å². The lowest BCUT2D eigenvalue weighted by molar-refractivity contribution is 0.0704. The lowest BCUT2D eigenvalue weighted by Gasteiger charge is -2.28. The number of nitrogens with zero attached hydrogens (tertiary/aromatic N) is 1. The summed E-state index contributed by atoms with van der Waals surface area (Å²) < 4.78 is 0. The number of aromatic hydroxyl groups is 1. The minimum Gasteiger partial charge on any atom is -0.508 e. The normalized spacial score (nSPS) is 12.0. The predicted octanol–water partition coefficient (Wildman–Crippen LogP) is 2.90. The Labute approximate surface area is 130 Å². The van der Waals surface area contributed by atoms with Crippen molar-refractivity contribution < 1.29 is 15.0 Å². The molecule has 0 aliphatic heterocycles. The van der Waals surface area contributed by atoms with E-state index in [9.17, 15) is 15.0 Å². The number of amides is 1. The summed E-state index contributed by atoms with van der Waals surface area (Å²) in [6.45, 7) is 1.83. The Balaban J connectivity index is 2.30. The number of phenols is 1. The molecule has 2 rings (SSSR count). The van der Waals surface area contributed by atoms with Crippen LogP contribution in [0, 0.1) is 6.92 Å². The summed E-state index contributed by atoms with van der Waals surface area (Å²) in [6.07, 6.45) is 0.462. The first kappa shape index (κ1) is 16.0. The molecule has 0 radical (unpaired) electrons. The highest BCUT2D eigenvalue weighted by Gasteiger charge is 2.22. The monoisotopic (exact) mass is 299 g/mol. The van der Waals surface area contributed by atoms with E-state index in [1.165, 1.54) is 6.07 Å². The van der Waals surface area contributed by atoms with Crippen molar-refractivity contribution in [3.05, 3.63) is 65.2 Å². The van der Waals surface area contributed by atoms with E-state index in [1.807, 2.05) is 37.3 Å². The van der Waals surface area contributed by atoms with Gasteiger partial charge >= 0.3 is 0 Å². The zero-order valence-electron chi connectivity index (χ0n) is 12.9. The number of hydrogen-bond acceptors (Lipinski definition) is 3. The summed E-state index contributed by atoms with van der Waals surface area (Å²) in [5, 5.41) is 19.0. The standard InChI is InChI=1S/C18H21NO3/c1-13-10-15(12-16(21)11-13)18(22)19(2)17(8-9-20)14-6-4-3-5-7-14/h3-7,10-12,17,20-21H,8-9H2,1-2H3. The molecule has 1 amide bonds. The predicted molar refractivity (Wildman–Crippen MR) is 85.8 cm³/mol. The Hall–Kier alpha value is -2.33. The highest BCUT2D eigenvalue weighted by Crippen LogP contribution is 2.25. The molecule has 0 fully saturated rings. The summed E-state index contributed by atoms with van der Waals surface area (Å²) >= 11 is 0. The molecule has 0 aliphatic carbocycles. The van der Waals surface area contributed by atoms with Crippen LogP contribution in [-0.4, -0.2) is 34.7 Å². The number of rotatable bonds is 5. The smallest absolute Gasteiger partial charge is 0.254 e. The lowest BCUT2D eigenvalue weighted by Crippen LogP contribution is -2.32.